The molecule has 0 radical (unpaired) electrons. The number of aromatic amines is 1. The van der Waals surface area contributed by atoms with E-state index in [1.807, 2.05) is 60.1 Å². The van der Waals surface area contributed by atoms with Gasteiger partial charge in [0.1, 0.15) is 11.5 Å². The van der Waals surface area contributed by atoms with Gasteiger partial charge in [0.2, 0.25) is 0 Å². The molecule has 10 nitrogen and oxygen atoms in total. The van der Waals surface area contributed by atoms with Crippen molar-refractivity contribution in [2.45, 2.75) is 64.9 Å². The minimum Gasteiger partial charge on any atom is -0.497 e. The Kier molecular flexibility index (Phi) is 8.53. The summed E-state index contributed by atoms with van der Waals surface area (Å²) in [6.45, 7) is 7.07. The molecule has 0 amide bonds. The number of hydrogen-bond donors (Lipinski definition) is 1. The molecule has 4 aromatic rings. The third kappa shape index (κ3) is 6.29. The second-order valence-electron chi connectivity index (χ2n) is 9.84. The van der Waals surface area contributed by atoms with Crippen molar-refractivity contribution in [1.82, 2.24) is 30.1 Å². The molecular formula is C29H36N6O4. The first-order valence-corrected chi connectivity index (χ1v) is 13.6. The van der Waals surface area contributed by atoms with E-state index in [1.54, 1.807) is 7.11 Å². The smallest absolute Gasteiger partial charge is 0.252 e. The van der Waals surface area contributed by atoms with Crippen LogP contribution in [0.5, 0.6) is 11.5 Å². The van der Waals surface area contributed by atoms with Crippen molar-refractivity contribution < 1.29 is 14.2 Å². The zero-order valence-corrected chi connectivity index (χ0v) is 22.8. The SMILES string of the molecule is CCOc1ccc2[nH]c(=O)c(CN(Cc3ccc(OC)cc3)[C@@H](CC)c3nnnn3C[C@H]3CCCO3)cc2c1. The van der Waals surface area contributed by atoms with E-state index in [0.29, 0.717) is 31.8 Å². The van der Waals surface area contributed by atoms with Crippen molar-refractivity contribution in [3.05, 3.63) is 75.8 Å². The summed E-state index contributed by atoms with van der Waals surface area (Å²) < 4.78 is 18.8. The van der Waals surface area contributed by atoms with Crippen molar-refractivity contribution in [3.8, 4) is 11.5 Å². The standard InChI is InChI=1S/C29H36N6O4/c1-4-27(28-31-32-33-35(28)19-25-7-6-14-39-25)34(17-20-8-10-23(37-3)11-9-20)18-22-15-21-16-24(38-5-2)12-13-26(21)30-29(22)36/h8-13,15-16,25,27H,4-7,14,17-19H2,1-3H3,(H,30,36)/t25-,27+/m1/s1. The Balaban J connectivity index is 1.49. The normalized spacial score (nSPS) is 16.2. The van der Waals surface area contributed by atoms with E-state index >= 15 is 0 Å². The quantitative estimate of drug-likeness (QED) is 0.289. The number of benzene rings is 2. The number of rotatable bonds is 12. The molecule has 39 heavy (non-hydrogen) atoms. The van der Waals surface area contributed by atoms with Crippen LogP contribution in [-0.2, 0) is 24.4 Å². The number of aromatic nitrogens is 5. The highest BCUT2D eigenvalue weighted by Gasteiger charge is 2.28. The number of H-pyrrole nitrogens is 1. The van der Waals surface area contributed by atoms with Crippen LogP contribution in [0.2, 0.25) is 0 Å². The minimum atomic E-state index is -0.117. The highest BCUT2D eigenvalue weighted by Crippen LogP contribution is 2.28. The molecule has 206 valence electrons. The van der Waals surface area contributed by atoms with Gasteiger partial charge in [-0.15, -0.1) is 5.10 Å². The number of tetrazole rings is 1. The summed E-state index contributed by atoms with van der Waals surface area (Å²) in [5, 5.41) is 13.7. The predicted molar refractivity (Wildman–Crippen MR) is 148 cm³/mol. The van der Waals surface area contributed by atoms with E-state index in [1.165, 1.54) is 0 Å². The molecule has 0 unspecified atom stereocenters. The summed E-state index contributed by atoms with van der Waals surface area (Å²) >= 11 is 0. The molecule has 0 saturated carbocycles. The Labute approximate surface area is 227 Å². The Morgan fingerprint density at radius 2 is 1.95 bits per heavy atom. The van der Waals surface area contributed by atoms with Gasteiger partial charge >= 0.3 is 0 Å². The lowest BCUT2D eigenvalue weighted by molar-refractivity contribution is 0.0888. The maximum Gasteiger partial charge on any atom is 0.252 e. The van der Waals surface area contributed by atoms with E-state index < -0.39 is 0 Å². The van der Waals surface area contributed by atoms with E-state index in [-0.39, 0.29) is 17.7 Å². The fourth-order valence-electron chi connectivity index (χ4n) is 5.23. The Morgan fingerprint density at radius 3 is 2.67 bits per heavy atom. The molecule has 10 heteroatoms. The van der Waals surface area contributed by atoms with Crippen molar-refractivity contribution in [2.75, 3.05) is 20.3 Å². The van der Waals surface area contributed by atoms with Crippen molar-refractivity contribution in [1.29, 1.82) is 0 Å². The van der Waals surface area contributed by atoms with Crippen LogP contribution in [-0.4, -0.2) is 56.5 Å². The van der Waals surface area contributed by atoms with Crippen LogP contribution >= 0.6 is 0 Å². The van der Waals surface area contributed by atoms with Gasteiger partial charge in [-0.05, 0) is 78.6 Å². The van der Waals surface area contributed by atoms with Gasteiger partial charge in [0, 0.05) is 36.2 Å². The Morgan fingerprint density at radius 1 is 1.13 bits per heavy atom. The zero-order chi connectivity index (χ0) is 27.2. The molecule has 3 heterocycles. The fourth-order valence-corrected chi connectivity index (χ4v) is 5.23. The topological polar surface area (TPSA) is 107 Å². The molecule has 1 saturated heterocycles. The average molecular weight is 533 g/mol. The Bertz CT molecular complexity index is 1430. The van der Waals surface area contributed by atoms with Crippen LogP contribution < -0.4 is 15.0 Å². The zero-order valence-electron chi connectivity index (χ0n) is 22.8. The van der Waals surface area contributed by atoms with Crippen LogP contribution in [0.4, 0.5) is 0 Å². The van der Waals surface area contributed by atoms with Crippen molar-refractivity contribution in [3.63, 3.8) is 0 Å². The van der Waals surface area contributed by atoms with Crippen LogP contribution in [0.1, 0.15) is 56.1 Å². The van der Waals surface area contributed by atoms with Gasteiger partial charge in [-0.25, -0.2) is 4.68 Å². The van der Waals surface area contributed by atoms with Gasteiger partial charge in [-0.3, -0.25) is 9.69 Å². The number of ether oxygens (including phenoxy) is 3. The van der Waals surface area contributed by atoms with Gasteiger partial charge in [0.25, 0.3) is 5.56 Å². The van der Waals surface area contributed by atoms with Gasteiger partial charge in [-0.1, -0.05) is 19.1 Å². The lowest BCUT2D eigenvalue weighted by atomic mass is 10.1. The van der Waals surface area contributed by atoms with Gasteiger partial charge in [0.15, 0.2) is 5.82 Å². The second-order valence-corrected chi connectivity index (χ2v) is 9.84. The minimum absolute atomic E-state index is 0.111. The number of methoxy groups -OCH3 is 1. The summed E-state index contributed by atoms with van der Waals surface area (Å²) in [6.07, 6.45) is 2.94. The first-order valence-electron chi connectivity index (χ1n) is 13.6. The average Bonchev–Trinajstić information content (AvgIpc) is 3.63. The molecule has 2 atom stereocenters. The summed E-state index contributed by atoms with van der Waals surface area (Å²) in [5.74, 6) is 2.35. The molecule has 0 spiro atoms. The largest absolute Gasteiger partial charge is 0.497 e. The van der Waals surface area contributed by atoms with E-state index in [4.69, 9.17) is 14.2 Å². The van der Waals surface area contributed by atoms with Crippen molar-refractivity contribution >= 4 is 10.9 Å². The molecule has 1 N–H and O–H groups in total. The molecular weight excluding hydrogens is 496 g/mol. The molecule has 1 aliphatic heterocycles. The van der Waals surface area contributed by atoms with Crippen LogP contribution in [0.25, 0.3) is 10.9 Å². The maximum atomic E-state index is 13.2. The lowest BCUT2D eigenvalue weighted by Gasteiger charge is -2.30. The highest BCUT2D eigenvalue weighted by atomic mass is 16.5. The first kappa shape index (κ1) is 26.8. The van der Waals surface area contributed by atoms with E-state index in [0.717, 1.165) is 59.7 Å². The monoisotopic (exact) mass is 532 g/mol. The van der Waals surface area contributed by atoms with Gasteiger partial charge in [0.05, 0.1) is 32.4 Å². The number of nitrogens with one attached hydrogen (secondary N) is 1. The van der Waals surface area contributed by atoms with Gasteiger partial charge < -0.3 is 19.2 Å². The third-order valence-corrected chi connectivity index (χ3v) is 7.21. The Hall–Kier alpha value is -3.76. The lowest BCUT2D eigenvalue weighted by Crippen LogP contribution is -2.33. The number of hydrogen-bond acceptors (Lipinski definition) is 8. The first-order chi connectivity index (χ1) is 19.1. The van der Waals surface area contributed by atoms with Crippen molar-refractivity contribution in [2.24, 2.45) is 0 Å². The molecule has 2 aromatic heterocycles. The molecule has 1 aliphatic rings. The molecule has 2 aromatic carbocycles. The molecule has 5 rings (SSSR count). The fraction of sp³-hybridized carbons (Fsp3) is 0.448. The van der Waals surface area contributed by atoms with Crippen LogP contribution in [0.15, 0.2) is 53.3 Å². The maximum absolute atomic E-state index is 13.2. The molecule has 0 aliphatic carbocycles. The number of nitrogens with zero attached hydrogens (tertiary/aromatic N) is 5. The van der Waals surface area contributed by atoms with E-state index in [2.05, 4.69) is 32.3 Å². The second kappa shape index (κ2) is 12.4. The predicted octanol–water partition coefficient (Wildman–Crippen LogP) is 4.25. The summed E-state index contributed by atoms with van der Waals surface area (Å²) in [5.41, 5.74) is 2.44. The summed E-state index contributed by atoms with van der Waals surface area (Å²) in [6, 6.07) is 15.6. The van der Waals surface area contributed by atoms with Crippen LogP contribution in [0, 0.1) is 0 Å². The van der Waals surface area contributed by atoms with E-state index in [9.17, 15) is 4.79 Å². The molecule has 0 bridgehead atoms. The summed E-state index contributed by atoms with van der Waals surface area (Å²) in [4.78, 5) is 18.5. The van der Waals surface area contributed by atoms with Crippen LogP contribution in [0.3, 0.4) is 0 Å². The highest BCUT2D eigenvalue weighted by molar-refractivity contribution is 5.80. The number of fused-ring (bicyclic) bond motifs is 1. The summed E-state index contributed by atoms with van der Waals surface area (Å²) in [7, 11) is 1.66. The van der Waals surface area contributed by atoms with Gasteiger partial charge in [-0.2, -0.15) is 0 Å². The third-order valence-electron chi connectivity index (χ3n) is 7.21. The number of pyridine rings is 1. The molecule has 1 fully saturated rings.